The van der Waals surface area contributed by atoms with E-state index in [4.69, 9.17) is 0 Å². The highest BCUT2D eigenvalue weighted by atomic mass is 32.2. The summed E-state index contributed by atoms with van der Waals surface area (Å²) in [5, 5.41) is 0. The number of hydrogen-bond acceptors (Lipinski definition) is 2. The SMILES string of the molecule is BS(=O)(=O)NCC(C)C. The van der Waals surface area contributed by atoms with Crippen molar-refractivity contribution in [1.29, 1.82) is 0 Å². The maximum absolute atomic E-state index is 10.4. The average molecular weight is 149 g/mol. The van der Waals surface area contributed by atoms with Crippen molar-refractivity contribution in [3.8, 4) is 0 Å². The zero-order chi connectivity index (χ0) is 7.49. The summed E-state index contributed by atoms with van der Waals surface area (Å²) in [6.07, 6.45) is 0. The molecule has 0 rings (SSSR count). The summed E-state index contributed by atoms with van der Waals surface area (Å²) in [5.74, 6) is 0.375. The third-order valence-corrected chi connectivity index (χ3v) is 1.44. The molecule has 0 aliphatic carbocycles. The molecule has 1 N–H and O–H groups in total. The third-order valence-electron chi connectivity index (χ3n) is 0.754. The molecule has 0 radical (unpaired) electrons. The Morgan fingerprint density at radius 3 is 2.11 bits per heavy atom. The van der Waals surface area contributed by atoms with E-state index in [0.717, 1.165) is 7.12 Å². The highest BCUT2D eigenvalue weighted by molar-refractivity contribution is 8.10. The molecule has 0 bridgehead atoms. The number of nitrogens with one attached hydrogen (secondary N) is 1. The van der Waals surface area contributed by atoms with Crippen LogP contribution in [0.3, 0.4) is 0 Å². The molecule has 0 spiro atoms. The minimum atomic E-state index is -2.97. The van der Waals surface area contributed by atoms with Crippen molar-refractivity contribution < 1.29 is 8.42 Å². The van der Waals surface area contributed by atoms with Crippen molar-refractivity contribution in [1.82, 2.24) is 4.72 Å². The van der Waals surface area contributed by atoms with E-state index < -0.39 is 9.87 Å². The molecule has 0 heterocycles. The first-order valence-electron chi connectivity index (χ1n) is 2.86. The van der Waals surface area contributed by atoms with Crippen LogP contribution in [0.4, 0.5) is 0 Å². The van der Waals surface area contributed by atoms with Crippen LogP contribution < -0.4 is 4.72 Å². The average Bonchev–Trinajstić information content (AvgIpc) is 1.59. The van der Waals surface area contributed by atoms with Crippen LogP contribution in [0.1, 0.15) is 13.8 Å². The largest absolute Gasteiger partial charge is 0.275 e. The lowest BCUT2D eigenvalue weighted by Gasteiger charge is -2.03. The molecule has 3 nitrogen and oxygen atoms in total. The van der Waals surface area contributed by atoms with Gasteiger partial charge >= 0.3 is 0 Å². The molecule has 0 atom stereocenters. The van der Waals surface area contributed by atoms with Crippen molar-refractivity contribution in [3.63, 3.8) is 0 Å². The first kappa shape index (κ1) is 8.97. The van der Waals surface area contributed by atoms with Gasteiger partial charge in [0.05, 0.1) is 0 Å². The van der Waals surface area contributed by atoms with E-state index in [1.165, 1.54) is 0 Å². The number of hydrogen-bond donors (Lipinski definition) is 1. The summed E-state index contributed by atoms with van der Waals surface area (Å²) in [6, 6.07) is 0. The van der Waals surface area contributed by atoms with Gasteiger partial charge in [0.2, 0.25) is 0 Å². The Balaban J connectivity index is 3.53. The van der Waals surface area contributed by atoms with E-state index >= 15 is 0 Å². The molecule has 0 aliphatic rings. The van der Waals surface area contributed by atoms with Gasteiger partial charge in [0, 0.05) is 6.54 Å². The minimum Gasteiger partial charge on any atom is -0.226 e. The Hall–Kier alpha value is -0.0251. The normalized spacial score (nSPS) is 12.3. The van der Waals surface area contributed by atoms with Gasteiger partial charge in [-0.1, -0.05) is 13.8 Å². The molecule has 0 aromatic carbocycles. The summed E-state index contributed by atoms with van der Waals surface area (Å²) in [7, 11) is -1.81. The van der Waals surface area contributed by atoms with Crippen molar-refractivity contribution in [2.45, 2.75) is 13.8 Å². The molecule has 0 aromatic heterocycles. The molecular formula is C4H12BNO2S. The minimum absolute atomic E-state index is 0.375. The lowest BCUT2D eigenvalue weighted by Crippen LogP contribution is -2.26. The molecule has 0 aromatic rings. The van der Waals surface area contributed by atoms with Gasteiger partial charge in [-0.25, -0.2) is 13.1 Å². The fraction of sp³-hybridized carbons (Fsp3) is 1.00. The summed E-state index contributed by atoms with van der Waals surface area (Å²) in [5.41, 5.74) is 0. The molecule has 0 aliphatic heterocycles. The Morgan fingerprint density at radius 1 is 1.56 bits per heavy atom. The van der Waals surface area contributed by atoms with Crippen LogP contribution in [-0.2, 0) is 9.87 Å². The Morgan fingerprint density at radius 2 is 2.00 bits per heavy atom. The van der Waals surface area contributed by atoms with Gasteiger partial charge in [-0.15, -0.1) is 0 Å². The van der Waals surface area contributed by atoms with Crippen LogP contribution in [-0.4, -0.2) is 22.1 Å². The van der Waals surface area contributed by atoms with E-state index in [-0.39, 0.29) is 0 Å². The molecule has 0 saturated heterocycles. The van der Waals surface area contributed by atoms with Crippen molar-refractivity contribution in [2.75, 3.05) is 6.54 Å². The topological polar surface area (TPSA) is 46.2 Å². The Labute approximate surface area is 57.2 Å². The maximum Gasteiger partial charge on any atom is 0.275 e. The fourth-order valence-electron chi connectivity index (χ4n) is 0.318. The van der Waals surface area contributed by atoms with Gasteiger partial charge < -0.3 is 0 Å². The zero-order valence-corrected chi connectivity index (χ0v) is 6.83. The van der Waals surface area contributed by atoms with E-state index in [2.05, 4.69) is 4.72 Å². The summed E-state index contributed by atoms with van der Waals surface area (Å²) < 4.78 is 23.2. The highest BCUT2D eigenvalue weighted by Gasteiger charge is 2.00. The second-order valence-corrected chi connectivity index (χ2v) is 4.35. The standard InChI is InChI=1S/C4H12BNO2S/c1-4(2)3-6-9(5,7)8/h4,6H,3,5H2,1-2H3. The van der Waals surface area contributed by atoms with Crippen LogP contribution in [0.15, 0.2) is 0 Å². The molecule has 54 valence electrons. The van der Waals surface area contributed by atoms with E-state index in [1.54, 1.807) is 0 Å². The Bertz CT molecular complexity index is 163. The molecule has 5 heteroatoms. The first-order valence-corrected chi connectivity index (χ1v) is 4.75. The van der Waals surface area contributed by atoms with E-state index in [1.807, 2.05) is 13.8 Å². The van der Waals surface area contributed by atoms with Gasteiger partial charge in [-0.3, -0.25) is 0 Å². The molecule has 0 unspecified atom stereocenters. The van der Waals surface area contributed by atoms with Crippen LogP contribution in [0.25, 0.3) is 0 Å². The van der Waals surface area contributed by atoms with Crippen molar-refractivity contribution in [2.24, 2.45) is 5.92 Å². The summed E-state index contributed by atoms with van der Waals surface area (Å²) >= 11 is 0. The molecule has 0 fully saturated rings. The van der Waals surface area contributed by atoms with Gasteiger partial charge in [0.1, 0.15) is 0 Å². The number of rotatable bonds is 3. The van der Waals surface area contributed by atoms with Gasteiger partial charge in [-0.05, 0) is 5.92 Å². The first-order chi connectivity index (χ1) is 3.92. The predicted octanol–water partition coefficient (Wildman–Crippen LogP) is -0.890. The summed E-state index contributed by atoms with van der Waals surface area (Å²) in [6.45, 7) is 4.44. The molecule has 0 amide bonds. The fourth-order valence-corrected chi connectivity index (χ4v) is 0.954. The van der Waals surface area contributed by atoms with Crippen LogP contribution >= 0.6 is 0 Å². The van der Waals surface area contributed by atoms with E-state index in [9.17, 15) is 8.42 Å². The molecule has 9 heavy (non-hydrogen) atoms. The second kappa shape index (κ2) is 3.22. The smallest absolute Gasteiger partial charge is 0.226 e. The summed E-state index contributed by atoms with van der Waals surface area (Å²) in [4.78, 5) is 0. The monoisotopic (exact) mass is 149 g/mol. The zero-order valence-electron chi connectivity index (χ0n) is 6.01. The third kappa shape index (κ3) is 7.97. The van der Waals surface area contributed by atoms with Gasteiger partial charge in [-0.2, -0.15) is 0 Å². The Kier molecular flexibility index (Phi) is 3.21. The lowest BCUT2D eigenvalue weighted by molar-refractivity contribution is 0.572. The molecular weight excluding hydrogens is 137 g/mol. The lowest BCUT2D eigenvalue weighted by atomic mass is 10.2. The quantitative estimate of drug-likeness (QED) is 0.529. The van der Waals surface area contributed by atoms with Crippen molar-refractivity contribution in [3.05, 3.63) is 0 Å². The second-order valence-electron chi connectivity index (χ2n) is 2.51. The van der Waals surface area contributed by atoms with Gasteiger partial charge in [0.25, 0.3) is 7.12 Å². The van der Waals surface area contributed by atoms with Crippen molar-refractivity contribution >= 4 is 17.0 Å². The maximum atomic E-state index is 10.4. The van der Waals surface area contributed by atoms with Crippen LogP contribution in [0.2, 0.25) is 0 Å². The highest BCUT2D eigenvalue weighted by Crippen LogP contribution is 1.87. The van der Waals surface area contributed by atoms with Gasteiger partial charge in [0.15, 0.2) is 9.87 Å². The van der Waals surface area contributed by atoms with Crippen LogP contribution in [0, 0.1) is 5.92 Å². The predicted molar refractivity (Wildman–Crippen MR) is 40.3 cm³/mol. The van der Waals surface area contributed by atoms with Crippen LogP contribution in [0.5, 0.6) is 0 Å². The van der Waals surface area contributed by atoms with E-state index in [0.29, 0.717) is 12.5 Å². The molecule has 0 saturated carbocycles.